The first-order valence-electron chi connectivity index (χ1n) is 14.8. The number of nitrogens with two attached hydrogens (primary N) is 1. The Morgan fingerprint density at radius 2 is 1.66 bits per heavy atom. The van der Waals surface area contributed by atoms with Crippen molar-refractivity contribution in [1.29, 1.82) is 0 Å². The minimum Gasteiger partial charge on any atom is -0.351 e. The van der Waals surface area contributed by atoms with E-state index in [4.69, 9.17) is 10.7 Å². The minimum atomic E-state index is -4.12. The smallest absolute Gasteiger partial charge is 0.351 e. The van der Waals surface area contributed by atoms with Crippen molar-refractivity contribution in [3.63, 3.8) is 0 Å². The standard InChI is InChI=1S/C31H40F3N5O4S/c1-21-19-25(38(3)29(35)41)20-22(2)26(21)12-18-44(42,43)39-16-14-30(15-17-39)28(40)36-27(37-30)24-10-8-23(9-11-24)7-5-4-6-13-31(32,33)34/h8-11,19-20H,4-7,12-18H2,1-3H3,(H2,35,41)(H,36,37,40). The van der Waals surface area contributed by atoms with Gasteiger partial charge in [-0.15, -0.1) is 0 Å². The lowest BCUT2D eigenvalue weighted by atomic mass is 9.89. The largest absolute Gasteiger partial charge is 0.389 e. The van der Waals surface area contributed by atoms with Gasteiger partial charge >= 0.3 is 12.2 Å². The van der Waals surface area contributed by atoms with Crippen LogP contribution in [0.15, 0.2) is 41.4 Å². The number of urea groups is 1. The first kappa shape index (κ1) is 33.4. The molecule has 1 fully saturated rings. The molecule has 2 aliphatic heterocycles. The second-order valence-electron chi connectivity index (χ2n) is 11.7. The van der Waals surface area contributed by atoms with Crippen LogP contribution in [0.1, 0.15) is 66.3 Å². The number of benzene rings is 2. The molecule has 9 nitrogen and oxygen atoms in total. The number of rotatable bonds is 11. The summed E-state index contributed by atoms with van der Waals surface area (Å²) in [5.41, 5.74) is 9.38. The van der Waals surface area contributed by atoms with Crippen LogP contribution in [-0.4, -0.2) is 68.1 Å². The zero-order valence-electron chi connectivity index (χ0n) is 25.3. The van der Waals surface area contributed by atoms with E-state index in [-0.39, 0.29) is 44.0 Å². The quantitative estimate of drug-likeness (QED) is 0.345. The Bertz CT molecular complexity index is 1490. The lowest BCUT2D eigenvalue weighted by Gasteiger charge is -2.34. The van der Waals surface area contributed by atoms with E-state index in [9.17, 15) is 31.2 Å². The zero-order chi connectivity index (χ0) is 32.3. The number of aryl methyl sites for hydroxylation is 3. The van der Waals surface area contributed by atoms with Crippen LogP contribution in [0, 0.1) is 13.8 Å². The SMILES string of the molecule is Cc1cc(N(C)C(N)=O)cc(C)c1CCS(=O)(=O)N1CCC2(CC1)N=C(c1ccc(CCCCCC(F)(F)F)cc1)NC2=O. The van der Waals surface area contributed by atoms with Gasteiger partial charge in [0, 0.05) is 37.8 Å². The molecule has 2 heterocycles. The number of anilines is 1. The summed E-state index contributed by atoms with van der Waals surface area (Å²) in [7, 11) is -2.02. The molecule has 44 heavy (non-hydrogen) atoms. The zero-order valence-corrected chi connectivity index (χ0v) is 26.2. The maximum Gasteiger partial charge on any atom is 0.389 e. The Labute approximate surface area is 256 Å². The molecule has 3 N–H and O–H groups in total. The van der Waals surface area contributed by atoms with Gasteiger partial charge in [-0.1, -0.05) is 30.7 Å². The van der Waals surface area contributed by atoms with Gasteiger partial charge in [-0.05, 0) is 86.8 Å². The van der Waals surface area contributed by atoms with Gasteiger partial charge in [0.25, 0.3) is 5.91 Å². The second-order valence-corrected chi connectivity index (χ2v) is 13.8. The van der Waals surface area contributed by atoms with E-state index in [0.29, 0.717) is 37.2 Å². The van der Waals surface area contributed by atoms with E-state index >= 15 is 0 Å². The van der Waals surface area contributed by atoms with E-state index in [2.05, 4.69) is 5.32 Å². The van der Waals surface area contributed by atoms with Crippen LogP contribution >= 0.6 is 0 Å². The summed E-state index contributed by atoms with van der Waals surface area (Å²) in [6.07, 6.45) is -2.07. The molecule has 2 aromatic rings. The molecule has 0 unspecified atom stereocenters. The minimum absolute atomic E-state index is 0.0813. The molecule has 1 saturated heterocycles. The summed E-state index contributed by atoms with van der Waals surface area (Å²) in [5.74, 6) is 0.118. The van der Waals surface area contributed by atoms with Crippen molar-refractivity contribution in [2.45, 2.75) is 76.9 Å². The number of nitrogens with one attached hydrogen (secondary N) is 1. The number of unbranched alkanes of at least 4 members (excludes halogenated alkanes) is 2. The Morgan fingerprint density at radius 3 is 2.23 bits per heavy atom. The third-order valence-electron chi connectivity index (χ3n) is 8.59. The molecule has 4 rings (SSSR count). The van der Waals surface area contributed by atoms with Crippen LogP contribution in [-0.2, 0) is 27.7 Å². The number of amidine groups is 1. The van der Waals surface area contributed by atoms with Crippen LogP contribution in [0.2, 0.25) is 0 Å². The Kier molecular flexibility index (Phi) is 10.1. The molecule has 240 valence electrons. The monoisotopic (exact) mass is 635 g/mol. The Balaban J connectivity index is 1.33. The highest BCUT2D eigenvalue weighted by molar-refractivity contribution is 7.89. The molecule has 3 amide bonds. The summed E-state index contributed by atoms with van der Waals surface area (Å²) < 4.78 is 64.9. The van der Waals surface area contributed by atoms with Gasteiger partial charge in [0.2, 0.25) is 10.0 Å². The summed E-state index contributed by atoms with van der Waals surface area (Å²) in [6.45, 7) is 4.12. The highest BCUT2D eigenvalue weighted by atomic mass is 32.2. The second kappa shape index (κ2) is 13.3. The highest BCUT2D eigenvalue weighted by Crippen LogP contribution is 2.33. The van der Waals surface area contributed by atoms with Crippen LogP contribution in [0.25, 0.3) is 0 Å². The van der Waals surface area contributed by atoms with Crippen LogP contribution in [0.3, 0.4) is 0 Å². The van der Waals surface area contributed by atoms with Crippen LogP contribution < -0.4 is 16.0 Å². The average Bonchev–Trinajstić information content (AvgIpc) is 3.26. The number of aliphatic imine (C=N–C) groups is 1. The van der Waals surface area contributed by atoms with Gasteiger partial charge in [0.1, 0.15) is 11.4 Å². The van der Waals surface area contributed by atoms with Crippen LogP contribution in [0.5, 0.6) is 0 Å². The molecule has 0 aromatic heterocycles. The molecule has 0 atom stereocenters. The van der Waals surface area contributed by atoms with Gasteiger partial charge in [-0.3, -0.25) is 14.7 Å². The molecule has 0 radical (unpaired) electrons. The number of primary amides is 1. The lowest BCUT2D eigenvalue weighted by Crippen LogP contribution is -2.50. The maximum absolute atomic E-state index is 13.3. The molecule has 2 aliphatic rings. The molecule has 0 aliphatic carbocycles. The summed E-state index contributed by atoms with van der Waals surface area (Å²) in [6, 6.07) is 10.5. The number of sulfonamides is 1. The van der Waals surface area contributed by atoms with E-state index in [1.165, 1.54) is 9.21 Å². The number of amides is 3. The van der Waals surface area contributed by atoms with Crippen molar-refractivity contribution in [2.24, 2.45) is 10.7 Å². The van der Waals surface area contributed by atoms with E-state index in [0.717, 1.165) is 27.8 Å². The molecule has 13 heteroatoms. The molecule has 2 aromatic carbocycles. The number of piperidine rings is 1. The number of nitrogens with zero attached hydrogens (tertiary/aromatic N) is 3. The first-order valence-corrected chi connectivity index (χ1v) is 16.4. The third-order valence-corrected chi connectivity index (χ3v) is 10.5. The van der Waals surface area contributed by atoms with Crippen molar-refractivity contribution in [3.05, 3.63) is 64.2 Å². The van der Waals surface area contributed by atoms with Crippen molar-refractivity contribution in [1.82, 2.24) is 9.62 Å². The van der Waals surface area contributed by atoms with Crippen molar-refractivity contribution in [3.8, 4) is 0 Å². The van der Waals surface area contributed by atoms with Crippen molar-refractivity contribution >= 4 is 33.5 Å². The predicted molar refractivity (Wildman–Crippen MR) is 164 cm³/mol. The average molecular weight is 636 g/mol. The molecule has 0 saturated carbocycles. The van der Waals surface area contributed by atoms with Gasteiger partial charge in [-0.25, -0.2) is 17.5 Å². The third kappa shape index (κ3) is 7.98. The van der Waals surface area contributed by atoms with E-state index < -0.39 is 34.2 Å². The van der Waals surface area contributed by atoms with E-state index in [1.54, 1.807) is 7.05 Å². The number of carbonyl (C=O) groups excluding carboxylic acids is 2. The topological polar surface area (TPSA) is 125 Å². The highest BCUT2D eigenvalue weighted by Gasteiger charge is 2.47. The number of carbonyl (C=O) groups is 2. The fraction of sp³-hybridized carbons (Fsp3) is 0.516. The summed E-state index contributed by atoms with van der Waals surface area (Å²) in [5, 5.41) is 2.86. The van der Waals surface area contributed by atoms with Gasteiger partial charge < -0.3 is 11.1 Å². The number of alkyl halides is 3. The van der Waals surface area contributed by atoms with Crippen molar-refractivity contribution < 1.29 is 31.2 Å². The number of halogens is 3. The fourth-order valence-electron chi connectivity index (χ4n) is 5.83. The van der Waals surface area contributed by atoms with Gasteiger partial charge in [-0.2, -0.15) is 13.2 Å². The normalized spacial score (nSPS) is 17.0. The number of hydrogen-bond acceptors (Lipinski definition) is 5. The van der Waals surface area contributed by atoms with Gasteiger partial charge in [0.05, 0.1) is 5.75 Å². The molecule has 1 spiro atoms. The van der Waals surface area contributed by atoms with Crippen molar-refractivity contribution in [2.75, 3.05) is 30.8 Å². The molecular formula is C31H40F3N5O4S. The van der Waals surface area contributed by atoms with Crippen LogP contribution in [0.4, 0.5) is 23.7 Å². The Morgan fingerprint density at radius 1 is 1.05 bits per heavy atom. The number of hydrogen-bond donors (Lipinski definition) is 2. The molecule has 0 bridgehead atoms. The summed E-state index contributed by atoms with van der Waals surface area (Å²) in [4.78, 5) is 30.6. The fourth-order valence-corrected chi connectivity index (χ4v) is 7.29. The van der Waals surface area contributed by atoms with Gasteiger partial charge in [0.15, 0.2) is 0 Å². The van der Waals surface area contributed by atoms with E-state index in [1.807, 2.05) is 50.2 Å². The predicted octanol–water partition coefficient (Wildman–Crippen LogP) is 4.77. The first-order chi connectivity index (χ1) is 20.6. The molecular weight excluding hydrogens is 595 g/mol. The maximum atomic E-state index is 13.3. The lowest BCUT2D eigenvalue weighted by molar-refractivity contribution is -0.135. The summed E-state index contributed by atoms with van der Waals surface area (Å²) >= 11 is 0. The Hall–Kier alpha value is -3.45.